The molecule has 0 unspecified atom stereocenters. The monoisotopic (exact) mass is 355 g/mol. The molecule has 1 N–H and O–H groups in total. The maximum Gasteiger partial charge on any atom is 0.251 e. The van der Waals surface area contributed by atoms with Crippen LogP contribution in [-0.2, 0) is 0 Å². The predicted molar refractivity (Wildman–Crippen MR) is 100 cm³/mol. The smallest absolute Gasteiger partial charge is 0.251 e. The first-order valence-corrected chi connectivity index (χ1v) is 8.95. The van der Waals surface area contributed by atoms with E-state index >= 15 is 0 Å². The Balaban J connectivity index is 1.56. The molecule has 1 heterocycles. The molecule has 5 nitrogen and oxygen atoms in total. The second kappa shape index (κ2) is 8.13. The molecule has 1 aliphatic heterocycles. The molecular weight excluding hydrogens is 330 g/mol. The highest BCUT2D eigenvalue weighted by Crippen LogP contribution is 2.31. The highest BCUT2D eigenvalue weighted by molar-refractivity contribution is 5.94. The first-order chi connectivity index (χ1) is 12.5. The summed E-state index contributed by atoms with van der Waals surface area (Å²) in [6.45, 7) is 7.17. The second-order valence-corrected chi connectivity index (χ2v) is 6.91. The Kier molecular flexibility index (Phi) is 5.66. The third-order valence-electron chi connectivity index (χ3n) is 4.15. The first kappa shape index (κ1) is 18.1. The Hall–Kier alpha value is -2.69. The Morgan fingerprint density at radius 1 is 1.12 bits per heavy atom. The molecule has 2 atom stereocenters. The fourth-order valence-corrected chi connectivity index (χ4v) is 2.63. The molecule has 0 saturated carbocycles. The van der Waals surface area contributed by atoms with Gasteiger partial charge in [-0.2, -0.15) is 0 Å². The van der Waals surface area contributed by atoms with Crippen LogP contribution < -0.4 is 19.5 Å². The SMILES string of the molecule is CC(C)COc1ccc(C(=O)N[C@H](C)[C@@H]2COc3ccccc3O2)cc1. The van der Waals surface area contributed by atoms with Crippen LogP contribution in [0.2, 0.25) is 0 Å². The maximum atomic E-state index is 12.5. The molecule has 0 radical (unpaired) electrons. The summed E-state index contributed by atoms with van der Waals surface area (Å²) >= 11 is 0. The quantitative estimate of drug-likeness (QED) is 0.859. The van der Waals surface area contributed by atoms with Gasteiger partial charge in [-0.25, -0.2) is 0 Å². The predicted octanol–water partition coefficient (Wildman–Crippen LogP) is 3.68. The molecule has 0 saturated heterocycles. The fraction of sp³-hybridized carbons (Fsp3) is 0.381. The second-order valence-electron chi connectivity index (χ2n) is 6.91. The van der Waals surface area contributed by atoms with Crippen molar-refractivity contribution >= 4 is 5.91 Å². The third-order valence-corrected chi connectivity index (χ3v) is 4.15. The van der Waals surface area contributed by atoms with E-state index in [-0.39, 0.29) is 18.1 Å². The molecule has 3 rings (SSSR count). The van der Waals surface area contributed by atoms with Crippen LogP contribution in [0.15, 0.2) is 48.5 Å². The zero-order valence-corrected chi connectivity index (χ0v) is 15.4. The van der Waals surface area contributed by atoms with Gasteiger partial charge in [0.15, 0.2) is 17.6 Å². The lowest BCUT2D eigenvalue weighted by molar-refractivity contribution is 0.0606. The number of benzene rings is 2. The van der Waals surface area contributed by atoms with E-state index in [0.717, 1.165) is 11.5 Å². The number of carbonyl (C=O) groups excluding carboxylic acids is 1. The van der Waals surface area contributed by atoms with Crippen molar-refractivity contribution in [3.05, 3.63) is 54.1 Å². The van der Waals surface area contributed by atoms with E-state index in [1.165, 1.54) is 0 Å². The van der Waals surface area contributed by atoms with Gasteiger partial charge in [-0.15, -0.1) is 0 Å². The van der Waals surface area contributed by atoms with Crippen molar-refractivity contribution in [2.75, 3.05) is 13.2 Å². The van der Waals surface area contributed by atoms with Crippen molar-refractivity contribution in [2.24, 2.45) is 5.92 Å². The molecule has 26 heavy (non-hydrogen) atoms. The lowest BCUT2D eigenvalue weighted by Gasteiger charge is -2.30. The summed E-state index contributed by atoms with van der Waals surface area (Å²) in [6.07, 6.45) is -0.234. The maximum absolute atomic E-state index is 12.5. The van der Waals surface area contributed by atoms with Crippen LogP contribution in [0.1, 0.15) is 31.1 Å². The fourth-order valence-electron chi connectivity index (χ4n) is 2.63. The van der Waals surface area contributed by atoms with E-state index in [9.17, 15) is 4.79 Å². The molecule has 0 aliphatic carbocycles. The summed E-state index contributed by atoms with van der Waals surface area (Å²) in [5.41, 5.74) is 0.589. The van der Waals surface area contributed by atoms with E-state index in [2.05, 4.69) is 19.2 Å². The summed E-state index contributed by atoms with van der Waals surface area (Å²) in [6, 6.07) is 14.5. The zero-order chi connectivity index (χ0) is 18.5. The normalized spacial score (nSPS) is 16.8. The van der Waals surface area contributed by atoms with Gasteiger partial charge in [0.05, 0.1) is 12.6 Å². The Bertz CT molecular complexity index is 742. The number of hydrogen-bond donors (Lipinski definition) is 1. The van der Waals surface area contributed by atoms with E-state index in [1.807, 2.05) is 43.3 Å². The van der Waals surface area contributed by atoms with Crippen molar-refractivity contribution in [1.82, 2.24) is 5.32 Å². The minimum Gasteiger partial charge on any atom is -0.493 e. The summed E-state index contributed by atoms with van der Waals surface area (Å²) in [5.74, 6) is 2.52. The van der Waals surface area contributed by atoms with Crippen LogP contribution in [0.5, 0.6) is 17.2 Å². The van der Waals surface area contributed by atoms with E-state index in [1.54, 1.807) is 12.1 Å². The average Bonchev–Trinajstić information content (AvgIpc) is 2.66. The van der Waals surface area contributed by atoms with Gasteiger partial charge in [0.2, 0.25) is 0 Å². The zero-order valence-electron chi connectivity index (χ0n) is 15.4. The van der Waals surface area contributed by atoms with Crippen molar-refractivity contribution in [3.63, 3.8) is 0 Å². The molecule has 0 fully saturated rings. The van der Waals surface area contributed by atoms with E-state index < -0.39 is 0 Å². The number of amides is 1. The van der Waals surface area contributed by atoms with Crippen molar-refractivity contribution in [3.8, 4) is 17.2 Å². The highest BCUT2D eigenvalue weighted by Gasteiger charge is 2.27. The van der Waals surface area contributed by atoms with Crippen LogP contribution >= 0.6 is 0 Å². The molecule has 5 heteroatoms. The van der Waals surface area contributed by atoms with E-state index in [0.29, 0.717) is 30.4 Å². The minimum absolute atomic E-state index is 0.143. The number of hydrogen-bond acceptors (Lipinski definition) is 4. The van der Waals surface area contributed by atoms with Crippen LogP contribution in [0.4, 0.5) is 0 Å². The lowest BCUT2D eigenvalue weighted by atomic mass is 10.1. The van der Waals surface area contributed by atoms with Gasteiger partial charge in [0.1, 0.15) is 12.4 Å². The molecule has 0 aromatic heterocycles. The van der Waals surface area contributed by atoms with Gasteiger partial charge < -0.3 is 19.5 Å². The summed E-state index contributed by atoms with van der Waals surface area (Å²) in [5, 5.41) is 2.98. The number of rotatable bonds is 6. The molecule has 2 aromatic carbocycles. The molecule has 138 valence electrons. The number of nitrogens with one attached hydrogen (secondary N) is 1. The average molecular weight is 355 g/mol. The van der Waals surface area contributed by atoms with Crippen molar-refractivity contribution < 1.29 is 19.0 Å². The Morgan fingerprint density at radius 3 is 2.50 bits per heavy atom. The molecule has 1 aliphatic rings. The molecule has 1 amide bonds. The molecule has 0 spiro atoms. The Labute approximate surface area is 154 Å². The largest absolute Gasteiger partial charge is 0.493 e. The van der Waals surface area contributed by atoms with Gasteiger partial charge in [0, 0.05) is 5.56 Å². The molecule has 2 aromatic rings. The van der Waals surface area contributed by atoms with Crippen LogP contribution in [0.3, 0.4) is 0 Å². The van der Waals surface area contributed by atoms with Gasteiger partial charge in [-0.1, -0.05) is 26.0 Å². The number of para-hydroxylation sites is 2. The van der Waals surface area contributed by atoms with Crippen molar-refractivity contribution in [1.29, 1.82) is 0 Å². The highest BCUT2D eigenvalue weighted by atomic mass is 16.6. The number of fused-ring (bicyclic) bond motifs is 1. The Morgan fingerprint density at radius 2 is 1.81 bits per heavy atom. The van der Waals surface area contributed by atoms with Gasteiger partial charge in [0.25, 0.3) is 5.91 Å². The van der Waals surface area contributed by atoms with Crippen LogP contribution in [0, 0.1) is 5.92 Å². The first-order valence-electron chi connectivity index (χ1n) is 8.95. The number of ether oxygens (including phenoxy) is 3. The standard InChI is InChI=1S/C21H25NO4/c1-14(2)12-24-17-10-8-16(9-11-17)21(23)22-15(3)20-13-25-18-6-4-5-7-19(18)26-20/h4-11,14-15,20H,12-13H2,1-3H3,(H,22,23)/t15-,20+/m1/s1. The summed E-state index contributed by atoms with van der Waals surface area (Å²) in [4.78, 5) is 12.5. The van der Waals surface area contributed by atoms with Crippen LogP contribution in [-0.4, -0.2) is 31.3 Å². The van der Waals surface area contributed by atoms with Gasteiger partial charge in [-0.05, 0) is 49.2 Å². The summed E-state index contributed by atoms with van der Waals surface area (Å²) < 4.78 is 17.3. The molecular formula is C21H25NO4. The van der Waals surface area contributed by atoms with Gasteiger partial charge in [-0.3, -0.25) is 4.79 Å². The van der Waals surface area contributed by atoms with Crippen LogP contribution in [0.25, 0.3) is 0 Å². The number of carbonyl (C=O) groups is 1. The third kappa shape index (κ3) is 4.48. The van der Waals surface area contributed by atoms with Gasteiger partial charge >= 0.3 is 0 Å². The summed E-state index contributed by atoms with van der Waals surface area (Å²) in [7, 11) is 0. The molecule has 0 bridgehead atoms. The topological polar surface area (TPSA) is 56.8 Å². The van der Waals surface area contributed by atoms with E-state index in [4.69, 9.17) is 14.2 Å². The van der Waals surface area contributed by atoms with Crippen molar-refractivity contribution in [2.45, 2.75) is 32.9 Å². The lowest BCUT2D eigenvalue weighted by Crippen LogP contribution is -2.48. The minimum atomic E-state index is -0.234.